The molecular formula is C15H17ClN2O3. The van der Waals surface area contributed by atoms with Crippen molar-refractivity contribution in [3.05, 3.63) is 47.1 Å². The van der Waals surface area contributed by atoms with Crippen molar-refractivity contribution in [3.63, 3.8) is 0 Å². The zero-order valence-corrected chi connectivity index (χ0v) is 12.6. The van der Waals surface area contributed by atoms with Gasteiger partial charge in [-0.25, -0.2) is 4.98 Å². The molecule has 0 aliphatic carbocycles. The molecule has 0 bridgehead atoms. The molecule has 1 aromatic heterocycles. The van der Waals surface area contributed by atoms with Gasteiger partial charge in [0, 0.05) is 18.8 Å². The summed E-state index contributed by atoms with van der Waals surface area (Å²) in [5, 5.41) is 13.9. The molecule has 2 aromatic rings. The Morgan fingerprint density at radius 2 is 1.86 bits per heavy atom. The second-order valence-electron chi connectivity index (χ2n) is 4.40. The number of ether oxygens (including phenoxy) is 2. The van der Waals surface area contributed by atoms with E-state index in [1.54, 1.807) is 50.7 Å². The molecule has 1 atom stereocenters. The van der Waals surface area contributed by atoms with Crippen LogP contribution in [0.25, 0.3) is 0 Å². The van der Waals surface area contributed by atoms with Gasteiger partial charge in [-0.05, 0) is 29.8 Å². The van der Waals surface area contributed by atoms with Crippen LogP contribution in [0, 0.1) is 0 Å². The molecule has 1 heterocycles. The second-order valence-corrected chi connectivity index (χ2v) is 4.84. The molecular weight excluding hydrogens is 292 g/mol. The number of benzene rings is 1. The van der Waals surface area contributed by atoms with Crippen molar-refractivity contribution in [1.82, 2.24) is 4.98 Å². The number of aliphatic hydroxyl groups excluding tert-OH is 1. The first kappa shape index (κ1) is 15.4. The van der Waals surface area contributed by atoms with Gasteiger partial charge in [-0.3, -0.25) is 0 Å². The molecule has 2 N–H and O–H groups in total. The summed E-state index contributed by atoms with van der Waals surface area (Å²) in [5.41, 5.74) is 0.702. The van der Waals surface area contributed by atoms with Gasteiger partial charge in [0.2, 0.25) is 0 Å². The van der Waals surface area contributed by atoms with Gasteiger partial charge < -0.3 is 19.9 Å². The minimum Gasteiger partial charge on any atom is -0.497 e. The highest BCUT2D eigenvalue weighted by Crippen LogP contribution is 2.26. The average Bonchev–Trinajstić information content (AvgIpc) is 2.53. The summed E-state index contributed by atoms with van der Waals surface area (Å²) in [6, 6.07) is 8.78. The van der Waals surface area contributed by atoms with E-state index in [0.29, 0.717) is 34.4 Å². The summed E-state index contributed by atoms with van der Waals surface area (Å²) < 4.78 is 10.4. The summed E-state index contributed by atoms with van der Waals surface area (Å²) in [4.78, 5) is 4.11. The maximum absolute atomic E-state index is 10.2. The first-order valence-corrected chi connectivity index (χ1v) is 6.76. The quantitative estimate of drug-likeness (QED) is 0.859. The fourth-order valence-electron chi connectivity index (χ4n) is 1.82. The largest absolute Gasteiger partial charge is 0.497 e. The van der Waals surface area contributed by atoms with Gasteiger partial charge in [0.1, 0.15) is 17.3 Å². The number of halogens is 1. The van der Waals surface area contributed by atoms with E-state index in [1.165, 1.54) is 0 Å². The van der Waals surface area contributed by atoms with Gasteiger partial charge in [-0.2, -0.15) is 0 Å². The first-order chi connectivity index (χ1) is 10.1. The molecule has 1 aromatic carbocycles. The number of aliphatic hydroxyl groups is 1. The lowest BCUT2D eigenvalue weighted by Gasteiger charge is -2.15. The fourth-order valence-corrected chi connectivity index (χ4v) is 1.93. The number of methoxy groups -OCH3 is 2. The van der Waals surface area contributed by atoms with E-state index in [4.69, 9.17) is 21.1 Å². The second kappa shape index (κ2) is 7.15. The fraction of sp³-hybridized carbons (Fsp3) is 0.267. The van der Waals surface area contributed by atoms with Crippen molar-refractivity contribution in [3.8, 4) is 11.5 Å². The third kappa shape index (κ3) is 4.24. The lowest BCUT2D eigenvalue weighted by Crippen LogP contribution is -2.13. The molecule has 21 heavy (non-hydrogen) atoms. The summed E-state index contributed by atoms with van der Waals surface area (Å²) >= 11 is 5.77. The van der Waals surface area contributed by atoms with Gasteiger partial charge in [0.15, 0.2) is 0 Å². The number of rotatable bonds is 6. The predicted octanol–water partition coefficient (Wildman–Crippen LogP) is 2.90. The van der Waals surface area contributed by atoms with Crippen LogP contribution in [0.5, 0.6) is 11.5 Å². The van der Waals surface area contributed by atoms with E-state index in [1.807, 2.05) is 0 Å². The molecule has 112 valence electrons. The number of anilines is 1. The van der Waals surface area contributed by atoms with Crippen LogP contribution in [-0.4, -0.2) is 30.9 Å². The summed E-state index contributed by atoms with van der Waals surface area (Å²) in [6.45, 7) is 0.310. The van der Waals surface area contributed by atoms with Gasteiger partial charge in [-0.15, -0.1) is 0 Å². The molecule has 6 heteroatoms. The van der Waals surface area contributed by atoms with Gasteiger partial charge in [0.05, 0.1) is 25.3 Å². The van der Waals surface area contributed by atoms with Crippen LogP contribution < -0.4 is 14.8 Å². The van der Waals surface area contributed by atoms with Crippen molar-refractivity contribution >= 4 is 17.4 Å². The molecule has 0 aliphatic rings. The normalized spacial score (nSPS) is 11.8. The molecule has 0 saturated carbocycles. The molecule has 5 nitrogen and oxygen atoms in total. The average molecular weight is 309 g/mol. The molecule has 2 rings (SSSR count). The Morgan fingerprint density at radius 3 is 2.38 bits per heavy atom. The van der Waals surface area contributed by atoms with E-state index in [0.717, 1.165) is 0 Å². The van der Waals surface area contributed by atoms with E-state index in [9.17, 15) is 5.11 Å². The number of pyridine rings is 1. The van der Waals surface area contributed by atoms with Crippen LogP contribution in [0.4, 0.5) is 5.82 Å². The van der Waals surface area contributed by atoms with E-state index >= 15 is 0 Å². The standard InChI is InChI=1S/C15H17ClN2O3/c1-20-12-5-10(6-13(7-12)21-2)14(19)9-18-15-4-3-11(16)8-17-15/h3-8,14,19H,9H2,1-2H3,(H,17,18)/t14-/m0/s1. The molecule has 0 radical (unpaired) electrons. The zero-order valence-electron chi connectivity index (χ0n) is 11.8. The Labute approximate surface area is 128 Å². The van der Waals surface area contributed by atoms with Crippen LogP contribution in [0.1, 0.15) is 11.7 Å². The number of hydrogen-bond donors (Lipinski definition) is 2. The third-order valence-corrected chi connectivity index (χ3v) is 3.19. The lowest BCUT2D eigenvalue weighted by atomic mass is 10.1. The van der Waals surface area contributed by atoms with Gasteiger partial charge >= 0.3 is 0 Å². The minimum atomic E-state index is -0.716. The maximum Gasteiger partial charge on any atom is 0.126 e. The van der Waals surface area contributed by atoms with Crippen molar-refractivity contribution in [2.75, 3.05) is 26.1 Å². The highest BCUT2D eigenvalue weighted by atomic mass is 35.5. The number of nitrogens with zero attached hydrogens (tertiary/aromatic N) is 1. The van der Waals surface area contributed by atoms with Crippen molar-refractivity contribution < 1.29 is 14.6 Å². The van der Waals surface area contributed by atoms with Crippen LogP contribution in [-0.2, 0) is 0 Å². The molecule has 0 amide bonds. The molecule has 0 unspecified atom stereocenters. The van der Waals surface area contributed by atoms with Crippen LogP contribution in [0.15, 0.2) is 36.5 Å². The first-order valence-electron chi connectivity index (χ1n) is 6.39. The number of hydrogen-bond acceptors (Lipinski definition) is 5. The van der Waals surface area contributed by atoms with Crippen LogP contribution >= 0.6 is 11.6 Å². The van der Waals surface area contributed by atoms with Crippen LogP contribution in [0.3, 0.4) is 0 Å². The van der Waals surface area contributed by atoms with E-state index < -0.39 is 6.10 Å². The number of nitrogens with one attached hydrogen (secondary N) is 1. The summed E-state index contributed by atoms with van der Waals surface area (Å²) in [5.74, 6) is 1.91. The molecule has 0 saturated heterocycles. The molecule has 0 fully saturated rings. The SMILES string of the molecule is COc1cc(OC)cc([C@@H](O)CNc2ccc(Cl)cn2)c1. The Balaban J connectivity index is 2.05. The van der Waals surface area contributed by atoms with Gasteiger partial charge in [0.25, 0.3) is 0 Å². The zero-order chi connectivity index (χ0) is 15.2. The van der Waals surface area contributed by atoms with Crippen molar-refractivity contribution in [1.29, 1.82) is 0 Å². The summed E-state index contributed by atoms with van der Waals surface area (Å²) in [6.07, 6.45) is 0.830. The number of aromatic nitrogens is 1. The van der Waals surface area contributed by atoms with E-state index in [-0.39, 0.29) is 0 Å². The predicted molar refractivity (Wildman–Crippen MR) is 82.2 cm³/mol. The smallest absolute Gasteiger partial charge is 0.126 e. The van der Waals surface area contributed by atoms with Gasteiger partial charge in [-0.1, -0.05) is 11.6 Å². The molecule has 0 aliphatic heterocycles. The highest BCUT2D eigenvalue weighted by molar-refractivity contribution is 6.30. The minimum absolute atomic E-state index is 0.310. The van der Waals surface area contributed by atoms with Crippen LogP contribution in [0.2, 0.25) is 5.02 Å². The van der Waals surface area contributed by atoms with Crippen molar-refractivity contribution in [2.45, 2.75) is 6.10 Å². The monoisotopic (exact) mass is 308 g/mol. The Morgan fingerprint density at radius 1 is 1.19 bits per heavy atom. The Kier molecular flexibility index (Phi) is 5.25. The summed E-state index contributed by atoms with van der Waals surface area (Å²) in [7, 11) is 3.14. The Bertz CT molecular complexity index is 568. The molecule has 0 spiro atoms. The third-order valence-electron chi connectivity index (χ3n) is 2.96. The highest BCUT2D eigenvalue weighted by Gasteiger charge is 2.11. The maximum atomic E-state index is 10.2. The van der Waals surface area contributed by atoms with E-state index in [2.05, 4.69) is 10.3 Å². The topological polar surface area (TPSA) is 63.6 Å². The van der Waals surface area contributed by atoms with Crippen molar-refractivity contribution in [2.24, 2.45) is 0 Å². The Hall–Kier alpha value is -1.98. The lowest BCUT2D eigenvalue weighted by molar-refractivity contribution is 0.190.